The van der Waals surface area contributed by atoms with E-state index in [0.717, 1.165) is 11.1 Å². The van der Waals surface area contributed by atoms with E-state index >= 15 is 0 Å². The van der Waals surface area contributed by atoms with E-state index in [0.29, 0.717) is 5.02 Å². The Morgan fingerprint density at radius 3 is 2.25 bits per heavy atom. The maximum Gasteiger partial charge on any atom is 0.165 e. The van der Waals surface area contributed by atoms with Crippen molar-refractivity contribution in [2.75, 3.05) is 7.11 Å². The Morgan fingerprint density at radius 1 is 1.00 bits per heavy atom. The van der Waals surface area contributed by atoms with Gasteiger partial charge in [0.05, 0.1) is 7.11 Å². The lowest BCUT2D eigenvalue weighted by molar-refractivity contribution is 0.387. The average molecular weight is 237 g/mol. The lowest BCUT2D eigenvalue weighted by atomic mass is 10.1. The number of benzene rings is 2. The highest BCUT2D eigenvalue weighted by Gasteiger charge is 2.04. The summed E-state index contributed by atoms with van der Waals surface area (Å²) in [7, 11) is 1.45. The Balaban J connectivity index is 2.44. The van der Waals surface area contributed by atoms with Crippen LogP contribution in [0.4, 0.5) is 4.39 Å². The van der Waals surface area contributed by atoms with E-state index in [1.54, 1.807) is 24.3 Å². The number of halogens is 2. The van der Waals surface area contributed by atoms with Gasteiger partial charge in [-0.1, -0.05) is 29.8 Å². The SMILES string of the molecule is COc1cc(-c2ccc(Cl)cc2)ccc1F. The van der Waals surface area contributed by atoms with Crippen molar-refractivity contribution < 1.29 is 9.13 Å². The molecule has 2 aromatic rings. The molecule has 82 valence electrons. The van der Waals surface area contributed by atoms with Crippen LogP contribution < -0.4 is 4.74 Å². The van der Waals surface area contributed by atoms with Crippen molar-refractivity contribution in [1.29, 1.82) is 0 Å². The molecule has 2 aromatic carbocycles. The van der Waals surface area contributed by atoms with Crippen LogP contribution in [0, 0.1) is 5.82 Å². The summed E-state index contributed by atoms with van der Waals surface area (Å²) < 4.78 is 18.1. The minimum Gasteiger partial charge on any atom is -0.494 e. The minimum absolute atomic E-state index is 0.243. The van der Waals surface area contributed by atoms with E-state index in [1.165, 1.54) is 13.2 Å². The Bertz CT molecular complexity index is 494. The fraction of sp³-hybridized carbons (Fsp3) is 0.0769. The first-order valence-electron chi connectivity index (χ1n) is 4.80. The van der Waals surface area contributed by atoms with Gasteiger partial charge < -0.3 is 4.74 Å². The largest absolute Gasteiger partial charge is 0.494 e. The van der Waals surface area contributed by atoms with Crippen LogP contribution in [-0.2, 0) is 0 Å². The van der Waals surface area contributed by atoms with Gasteiger partial charge in [-0.2, -0.15) is 0 Å². The Kier molecular flexibility index (Phi) is 3.11. The Hall–Kier alpha value is -1.54. The second-order valence-electron chi connectivity index (χ2n) is 3.36. The first-order valence-corrected chi connectivity index (χ1v) is 5.18. The molecule has 0 unspecified atom stereocenters. The third kappa shape index (κ3) is 2.17. The molecule has 0 saturated heterocycles. The third-order valence-corrected chi connectivity index (χ3v) is 2.58. The molecule has 16 heavy (non-hydrogen) atoms. The minimum atomic E-state index is -0.361. The van der Waals surface area contributed by atoms with Crippen molar-refractivity contribution in [3.8, 4) is 16.9 Å². The van der Waals surface area contributed by atoms with Gasteiger partial charge in [0.2, 0.25) is 0 Å². The van der Waals surface area contributed by atoms with Gasteiger partial charge in [-0.05, 0) is 35.4 Å². The second-order valence-corrected chi connectivity index (χ2v) is 3.79. The van der Waals surface area contributed by atoms with E-state index in [-0.39, 0.29) is 11.6 Å². The van der Waals surface area contributed by atoms with E-state index in [9.17, 15) is 4.39 Å². The van der Waals surface area contributed by atoms with Gasteiger partial charge >= 0.3 is 0 Å². The zero-order valence-corrected chi connectivity index (χ0v) is 9.46. The molecular weight excluding hydrogens is 227 g/mol. The highest BCUT2D eigenvalue weighted by atomic mass is 35.5. The highest BCUT2D eigenvalue weighted by molar-refractivity contribution is 6.30. The molecule has 0 atom stereocenters. The summed E-state index contributed by atoms with van der Waals surface area (Å²) in [4.78, 5) is 0. The number of rotatable bonds is 2. The van der Waals surface area contributed by atoms with E-state index in [1.807, 2.05) is 12.1 Å². The zero-order valence-electron chi connectivity index (χ0n) is 8.71. The van der Waals surface area contributed by atoms with Gasteiger partial charge in [0.15, 0.2) is 11.6 Å². The maximum atomic E-state index is 13.2. The molecule has 0 saturated carbocycles. The lowest BCUT2D eigenvalue weighted by Gasteiger charge is -2.06. The number of ether oxygens (including phenoxy) is 1. The quantitative estimate of drug-likeness (QED) is 0.761. The molecule has 0 spiro atoms. The third-order valence-electron chi connectivity index (χ3n) is 2.33. The van der Waals surface area contributed by atoms with Gasteiger partial charge in [0.25, 0.3) is 0 Å². The van der Waals surface area contributed by atoms with Crippen molar-refractivity contribution in [3.63, 3.8) is 0 Å². The molecule has 1 nitrogen and oxygen atoms in total. The molecule has 0 radical (unpaired) electrons. The predicted octanol–water partition coefficient (Wildman–Crippen LogP) is 4.15. The summed E-state index contributed by atoms with van der Waals surface area (Å²) in [6.45, 7) is 0. The standard InChI is InChI=1S/C13H10ClFO/c1-16-13-8-10(4-7-12(13)15)9-2-5-11(14)6-3-9/h2-8H,1H3. The summed E-state index contributed by atoms with van der Waals surface area (Å²) in [5.74, 6) is -0.118. The second kappa shape index (κ2) is 4.54. The van der Waals surface area contributed by atoms with Crippen LogP contribution in [0.1, 0.15) is 0 Å². The Labute approximate surface area is 98.4 Å². The fourth-order valence-corrected chi connectivity index (χ4v) is 1.61. The molecule has 3 heteroatoms. The molecule has 0 aromatic heterocycles. The molecule has 0 bridgehead atoms. The Morgan fingerprint density at radius 2 is 1.62 bits per heavy atom. The molecule has 0 N–H and O–H groups in total. The van der Waals surface area contributed by atoms with Crippen molar-refractivity contribution in [1.82, 2.24) is 0 Å². The first-order chi connectivity index (χ1) is 7.70. The van der Waals surface area contributed by atoms with E-state index in [4.69, 9.17) is 16.3 Å². The summed E-state index contributed by atoms with van der Waals surface area (Å²) >= 11 is 5.80. The van der Waals surface area contributed by atoms with Gasteiger partial charge in [0, 0.05) is 5.02 Å². The van der Waals surface area contributed by atoms with Gasteiger partial charge in [-0.3, -0.25) is 0 Å². The summed E-state index contributed by atoms with van der Waals surface area (Å²) in [6, 6.07) is 12.1. The van der Waals surface area contributed by atoms with E-state index in [2.05, 4.69) is 0 Å². The van der Waals surface area contributed by atoms with Gasteiger partial charge in [-0.15, -0.1) is 0 Å². The van der Waals surface area contributed by atoms with Crippen molar-refractivity contribution in [3.05, 3.63) is 53.3 Å². The van der Waals surface area contributed by atoms with Crippen LogP contribution >= 0.6 is 11.6 Å². The fourth-order valence-electron chi connectivity index (χ4n) is 1.48. The van der Waals surface area contributed by atoms with Crippen LogP contribution in [-0.4, -0.2) is 7.11 Å². The molecule has 0 amide bonds. The molecule has 0 aliphatic carbocycles. The molecule has 2 rings (SSSR count). The smallest absolute Gasteiger partial charge is 0.165 e. The predicted molar refractivity (Wildman–Crippen MR) is 63.4 cm³/mol. The van der Waals surface area contributed by atoms with E-state index < -0.39 is 0 Å². The monoisotopic (exact) mass is 236 g/mol. The van der Waals surface area contributed by atoms with Crippen molar-refractivity contribution in [2.24, 2.45) is 0 Å². The van der Waals surface area contributed by atoms with Crippen LogP contribution in [0.5, 0.6) is 5.75 Å². The normalized spacial score (nSPS) is 10.2. The molecule has 0 heterocycles. The van der Waals surface area contributed by atoms with Crippen LogP contribution in [0.3, 0.4) is 0 Å². The molecule has 0 fully saturated rings. The number of methoxy groups -OCH3 is 1. The molecular formula is C13H10ClFO. The summed E-state index contributed by atoms with van der Waals surface area (Å²) in [5.41, 5.74) is 1.87. The van der Waals surface area contributed by atoms with Crippen LogP contribution in [0.15, 0.2) is 42.5 Å². The molecule has 0 aliphatic heterocycles. The number of hydrogen-bond acceptors (Lipinski definition) is 1. The van der Waals surface area contributed by atoms with Crippen molar-refractivity contribution >= 4 is 11.6 Å². The molecule has 0 aliphatic rings. The van der Waals surface area contributed by atoms with Gasteiger partial charge in [-0.25, -0.2) is 4.39 Å². The maximum absolute atomic E-state index is 13.2. The average Bonchev–Trinajstić information content (AvgIpc) is 2.31. The first kappa shape index (κ1) is 11.0. The summed E-state index contributed by atoms with van der Waals surface area (Å²) in [5, 5.41) is 0.679. The highest BCUT2D eigenvalue weighted by Crippen LogP contribution is 2.27. The van der Waals surface area contributed by atoms with Gasteiger partial charge in [0.1, 0.15) is 0 Å². The number of hydrogen-bond donors (Lipinski definition) is 0. The van der Waals surface area contributed by atoms with Crippen LogP contribution in [0.2, 0.25) is 5.02 Å². The topological polar surface area (TPSA) is 9.23 Å². The summed E-state index contributed by atoms with van der Waals surface area (Å²) in [6.07, 6.45) is 0. The lowest BCUT2D eigenvalue weighted by Crippen LogP contribution is -1.88. The zero-order chi connectivity index (χ0) is 11.5. The van der Waals surface area contributed by atoms with Crippen LogP contribution in [0.25, 0.3) is 11.1 Å². The van der Waals surface area contributed by atoms with Crippen molar-refractivity contribution in [2.45, 2.75) is 0 Å².